The minimum atomic E-state index is -0.771. The first-order chi connectivity index (χ1) is 17.4. The maximum Gasteiger partial charge on any atom is 0.228 e. The Balaban J connectivity index is 1.35. The zero-order valence-electron chi connectivity index (χ0n) is 19.3. The second-order valence-corrected chi connectivity index (χ2v) is 9.44. The van der Waals surface area contributed by atoms with Crippen molar-refractivity contribution in [2.45, 2.75) is 18.4 Å². The largest absolute Gasteiger partial charge is 0.341 e. The Kier molecular flexibility index (Phi) is 5.14. The molecule has 6 rings (SSSR count). The van der Waals surface area contributed by atoms with Crippen molar-refractivity contribution < 1.29 is 4.39 Å². The third-order valence-electron chi connectivity index (χ3n) is 6.86. The minimum absolute atomic E-state index is 0.194. The molecule has 1 aliphatic heterocycles. The number of hydrogen-bond acceptors (Lipinski definition) is 7. The predicted octanol–water partition coefficient (Wildman–Crippen LogP) is 4.03. The quantitative estimate of drug-likeness (QED) is 0.382. The topological polar surface area (TPSA) is 125 Å². The Labute approximate surface area is 210 Å². The monoisotopic (exact) mass is 501 g/mol. The first-order valence-electron chi connectivity index (χ1n) is 11.5. The molecule has 0 aliphatic carbocycles. The number of halogens is 2. The van der Waals surface area contributed by atoms with Crippen molar-refractivity contribution in [2.75, 3.05) is 18.0 Å². The SMILES string of the molecule is Cn1cc2c(Cl)c(-c3n[nH]c4nc(N5CCC(N)(c6ccccc6F)CC5)nc(C#N)c34)ccc2n1. The number of nitrogens with one attached hydrogen (secondary N) is 1. The van der Waals surface area contributed by atoms with Crippen LogP contribution in [0.4, 0.5) is 10.3 Å². The fraction of sp³-hybridized carbons (Fsp3) is 0.240. The Hall–Kier alpha value is -4.07. The van der Waals surface area contributed by atoms with Gasteiger partial charge < -0.3 is 10.6 Å². The molecule has 11 heteroatoms. The molecule has 0 saturated carbocycles. The molecule has 36 heavy (non-hydrogen) atoms. The van der Waals surface area contributed by atoms with Crippen LogP contribution < -0.4 is 10.6 Å². The normalized spacial score (nSPS) is 15.5. The van der Waals surface area contributed by atoms with Crippen molar-refractivity contribution in [2.24, 2.45) is 12.8 Å². The molecule has 0 atom stereocenters. The summed E-state index contributed by atoms with van der Waals surface area (Å²) in [4.78, 5) is 11.2. The number of nitriles is 1. The summed E-state index contributed by atoms with van der Waals surface area (Å²) < 4.78 is 16.1. The van der Waals surface area contributed by atoms with E-state index < -0.39 is 5.54 Å². The van der Waals surface area contributed by atoms with Gasteiger partial charge in [-0.05, 0) is 31.0 Å². The number of aromatic amines is 1. The standard InChI is InChI=1S/C25H21ClFN9/c1-35-13-15-18(34-35)7-6-14(21(15)26)22-20-19(12-28)30-24(31-23(20)33-32-22)36-10-8-25(29,9-11-36)16-4-2-3-5-17(16)27/h2-7,13H,8-11,29H2,1H3,(H,30,31,32,33). The summed E-state index contributed by atoms with van der Waals surface area (Å²) in [5.41, 5.74) is 8.90. The zero-order valence-corrected chi connectivity index (χ0v) is 20.1. The lowest BCUT2D eigenvalue weighted by atomic mass is 9.81. The van der Waals surface area contributed by atoms with E-state index in [2.05, 4.69) is 31.3 Å². The Bertz CT molecular complexity index is 1670. The number of nitrogens with two attached hydrogens (primary N) is 1. The van der Waals surface area contributed by atoms with E-state index in [1.165, 1.54) is 6.07 Å². The van der Waals surface area contributed by atoms with Crippen LogP contribution in [-0.4, -0.2) is 43.0 Å². The summed E-state index contributed by atoms with van der Waals surface area (Å²) in [5.74, 6) is 0.102. The number of H-pyrrole nitrogens is 1. The molecule has 3 N–H and O–H groups in total. The van der Waals surface area contributed by atoms with Crippen LogP contribution >= 0.6 is 11.6 Å². The molecule has 180 valence electrons. The molecule has 0 radical (unpaired) electrons. The van der Waals surface area contributed by atoms with Gasteiger partial charge in [0.05, 0.1) is 15.9 Å². The lowest BCUT2D eigenvalue weighted by molar-refractivity contribution is 0.328. The number of nitrogens with zero attached hydrogens (tertiary/aromatic N) is 7. The second-order valence-electron chi connectivity index (χ2n) is 9.07. The second kappa shape index (κ2) is 8.26. The van der Waals surface area contributed by atoms with Gasteiger partial charge in [-0.15, -0.1) is 0 Å². The third-order valence-corrected chi connectivity index (χ3v) is 7.26. The fourth-order valence-electron chi connectivity index (χ4n) is 4.94. The van der Waals surface area contributed by atoms with Crippen LogP contribution in [0.25, 0.3) is 33.2 Å². The van der Waals surface area contributed by atoms with Crippen LogP contribution in [0.1, 0.15) is 24.1 Å². The van der Waals surface area contributed by atoms with Crippen molar-refractivity contribution in [3.63, 3.8) is 0 Å². The molecule has 1 aliphatic rings. The van der Waals surface area contributed by atoms with Crippen LogP contribution in [0.2, 0.25) is 5.02 Å². The number of benzene rings is 2. The Morgan fingerprint density at radius 3 is 2.69 bits per heavy atom. The van der Waals surface area contributed by atoms with Gasteiger partial charge in [-0.25, -0.2) is 9.37 Å². The van der Waals surface area contributed by atoms with Crippen molar-refractivity contribution in [1.82, 2.24) is 29.9 Å². The van der Waals surface area contributed by atoms with Crippen LogP contribution in [-0.2, 0) is 12.6 Å². The maximum absolute atomic E-state index is 14.4. The van der Waals surface area contributed by atoms with E-state index in [0.717, 1.165) is 10.9 Å². The fourth-order valence-corrected chi connectivity index (χ4v) is 5.24. The zero-order chi connectivity index (χ0) is 25.0. The molecule has 1 saturated heterocycles. The van der Waals surface area contributed by atoms with E-state index in [1.807, 2.05) is 30.3 Å². The highest BCUT2D eigenvalue weighted by molar-refractivity contribution is 6.38. The summed E-state index contributed by atoms with van der Waals surface area (Å²) in [7, 11) is 1.83. The smallest absolute Gasteiger partial charge is 0.228 e. The molecule has 5 aromatic rings. The number of aromatic nitrogens is 6. The van der Waals surface area contributed by atoms with Crippen molar-refractivity contribution in [3.8, 4) is 17.3 Å². The van der Waals surface area contributed by atoms with Crippen LogP contribution in [0.15, 0.2) is 42.6 Å². The van der Waals surface area contributed by atoms with E-state index in [-0.39, 0.29) is 11.5 Å². The van der Waals surface area contributed by atoms with Gasteiger partial charge in [-0.2, -0.15) is 20.4 Å². The molecule has 0 amide bonds. The number of piperidine rings is 1. The van der Waals surface area contributed by atoms with Crippen molar-refractivity contribution in [3.05, 3.63) is 64.7 Å². The highest BCUT2D eigenvalue weighted by Crippen LogP contribution is 2.38. The number of fused-ring (bicyclic) bond motifs is 2. The highest BCUT2D eigenvalue weighted by Gasteiger charge is 2.35. The van der Waals surface area contributed by atoms with E-state index in [1.54, 1.807) is 22.9 Å². The molecule has 3 aromatic heterocycles. The highest BCUT2D eigenvalue weighted by atomic mass is 35.5. The van der Waals surface area contributed by atoms with E-state index in [4.69, 9.17) is 17.3 Å². The predicted molar refractivity (Wildman–Crippen MR) is 135 cm³/mol. The summed E-state index contributed by atoms with van der Waals surface area (Å²) in [6.45, 7) is 1.04. The molecule has 0 spiro atoms. The summed E-state index contributed by atoms with van der Waals surface area (Å²) >= 11 is 6.71. The Morgan fingerprint density at radius 1 is 1.17 bits per heavy atom. The molecular weight excluding hydrogens is 481 g/mol. The first kappa shape index (κ1) is 22.4. The van der Waals surface area contributed by atoms with Crippen LogP contribution in [0, 0.1) is 17.1 Å². The molecule has 2 aromatic carbocycles. The van der Waals surface area contributed by atoms with Crippen LogP contribution in [0.3, 0.4) is 0 Å². The van der Waals surface area contributed by atoms with Crippen molar-refractivity contribution >= 4 is 39.5 Å². The van der Waals surface area contributed by atoms with Crippen LogP contribution in [0.5, 0.6) is 0 Å². The van der Waals surface area contributed by atoms with Gasteiger partial charge in [0.25, 0.3) is 0 Å². The number of hydrogen-bond donors (Lipinski definition) is 2. The third kappa shape index (κ3) is 3.47. The molecule has 1 fully saturated rings. The van der Waals surface area contributed by atoms with E-state index >= 15 is 0 Å². The van der Waals surface area contributed by atoms with Gasteiger partial charge in [-0.1, -0.05) is 29.8 Å². The summed E-state index contributed by atoms with van der Waals surface area (Å²) in [6, 6.07) is 12.5. The van der Waals surface area contributed by atoms with E-state index in [9.17, 15) is 9.65 Å². The average Bonchev–Trinajstić information content (AvgIpc) is 3.48. The van der Waals surface area contributed by atoms with Gasteiger partial charge in [0, 0.05) is 48.4 Å². The van der Waals surface area contributed by atoms with Gasteiger partial charge in [0.15, 0.2) is 11.3 Å². The maximum atomic E-state index is 14.4. The molecule has 4 heterocycles. The molecular formula is C25H21ClFN9. The lowest BCUT2D eigenvalue weighted by Crippen LogP contribution is -2.49. The van der Waals surface area contributed by atoms with Gasteiger partial charge in [-0.3, -0.25) is 9.78 Å². The van der Waals surface area contributed by atoms with Gasteiger partial charge >= 0.3 is 0 Å². The number of anilines is 1. The van der Waals surface area contributed by atoms with Gasteiger partial charge in [0.1, 0.15) is 17.6 Å². The molecule has 0 bridgehead atoms. The average molecular weight is 502 g/mol. The molecule has 9 nitrogen and oxygen atoms in total. The Morgan fingerprint density at radius 2 is 1.94 bits per heavy atom. The number of rotatable bonds is 3. The van der Waals surface area contributed by atoms with Gasteiger partial charge in [0.2, 0.25) is 5.95 Å². The molecule has 0 unspecified atom stereocenters. The summed E-state index contributed by atoms with van der Waals surface area (Å²) in [6.07, 6.45) is 2.88. The van der Waals surface area contributed by atoms with Crippen molar-refractivity contribution in [1.29, 1.82) is 5.26 Å². The minimum Gasteiger partial charge on any atom is -0.341 e. The lowest BCUT2D eigenvalue weighted by Gasteiger charge is -2.39. The summed E-state index contributed by atoms with van der Waals surface area (Å²) in [5, 5.41) is 23.5. The van der Waals surface area contributed by atoms with E-state index in [0.29, 0.717) is 64.8 Å². The first-order valence-corrected chi connectivity index (χ1v) is 11.8. The number of aryl methyl sites for hydroxylation is 1.